The molecule has 0 radical (unpaired) electrons. The number of hydrogen-bond donors (Lipinski definition) is 1. The van der Waals surface area contributed by atoms with Crippen LogP contribution in [0, 0.1) is 6.92 Å². The topological polar surface area (TPSA) is 32.7 Å². The minimum atomic E-state index is -0.453. The summed E-state index contributed by atoms with van der Waals surface area (Å²) >= 11 is 5.91. The first kappa shape index (κ1) is 15.6. The van der Waals surface area contributed by atoms with Gasteiger partial charge in [-0.05, 0) is 57.0 Å². The molecule has 112 valence electrons. The van der Waals surface area contributed by atoms with Gasteiger partial charge in [0.2, 0.25) is 0 Å². The van der Waals surface area contributed by atoms with Gasteiger partial charge in [0.15, 0.2) is 0 Å². The van der Waals surface area contributed by atoms with Crippen LogP contribution in [0.1, 0.15) is 31.7 Å². The standard InChI is InChI=1S/C16H24ClNO2/c1-12-9-14(17)6-7-16(12)20-11-15(19)10-18-8-4-3-5-13(18)2/h6-7,9,13,15,19H,3-5,8,10-11H2,1-2H3/t13-,15+/m0/s1. The number of aryl methyl sites for hydroxylation is 1. The fraction of sp³-hybridized carbons (Fsp3) is 0.625. The number of likely N-dealkylation sites (tertiary alicyclic amines) is 1. The average Bonchev–Trinajstić information content (AvgIpc) is 2.40. The molecule has 1 aliphatic rings. The van der Waals surface area contributed by atoms with Crippen LogP contribution in [0.25, 0.3) is 0 Å². The molecule has 0 aromatic heterocycles. The van der Waals surface area contributed by atoms with Gasteiger partial charge in [0.1, 0.15) is 18.5 Å². The third-order valence-corrected chi connectivity index (χ3v) is 4.19. The Hall–Kier alpha value is -0.770. The van der Waals surface area contributed by atoms with Gasteiger partial charge in [0, 0.05) is 17.6 Å². The number of nitrogens with zero attached hydrogens (tertiary/aromatic N) is 1. The molecule has 1 aromatic rings. The zero-order valence-electron chi connectivity index (χ0n) is 12.3. The normalized spacial score (nSPS) is 21.7. The lowest BCUT2D eigenvalue weighted by molar-refractivity contribution is 0.0436. The maximum Gasteiger partial charge on any atom is 0.122 e. The number of benzene rings is 1. The molecule has 1 aromatic carbocycles. The van der Waals surface area contributed by atoms with Crippen LogP contribution in [0.5, 0.6) is 5.75 Å². The first-order chi connectivity index (χ1) is 9.56. The van der Waals surface area contributed by atoms with Gasteiger partial charge in [-0.25, -0.2) is 0 Å². The number of aliphatic hydroxyl groups excluding tert-OH is 1. The molecule has 3 nitrogen and oxygen atoms in total. The Bertz CT molecular complexity index is 438. The van der Waals surface area contributed by atoms with Crippen molar-refractivity contribution in [1.29, 1.82) is 0 Å². The zero-order valence-corrected chi connectivity index (χ0v) is 13.1. The predicted octanol–water partition coefficient (Wildman–Crippen LogP) is 3.26. The van der Waals surface area contributed by atoms with Gasteiger partial charge in [-0.15, -0.1) is 0 Å². The van der Waals surface area contributed by atoms with E-state index in [1.54, 1.807) is 0 Å². The second kappa shape index (κ2) is 7.30. The summed E-state index contributed by atoms with van der Waals surface area (Å²) in [5, 5.41) is 10.8. The largest absolute Gasteiger partial charge is 0.491 e. The van der Waals surface area contributed by atoms with E-state index in [9.17, 15) is 5.11 Å². The van der Waals surface area contributed by atoms with E-state index in [4.69, 9.17) is 16.3 Å². The molecule has 1 fully saturated rings. The highest BCUT2D eigenvalue weighted by atomic mass is 35.5. The van der Waals surface area contributed by atoms with Gasteiger partial charge in [-0.2, -0.15) is 0 Å². The number of hydrogen-bond acceptors (Lipinski definition) is 3. The van der Waals surface area contributed by atoms with Crippen molar-refractivity contribution < 1.29 is 9.84 Å². The minimum absolute atomic E-state index is 0.325. The van der Waals surface area contributed by atoms with Gasteiger partial charge in [0.05, 0.1) is 0 Å². The second-order valence-electron chi connectivity index (χ2n) is 5.71. The molecule has 1 aliphatic heterocycles. The van der Waals surface area contributed by atoms with Crippen molar-refractivity contribution in [1.82, 2.24) is 4.90 Å². The van der Waals surface area contributed by atoms with Crippen LogP contribution in [-0.4, -0.2) is 41.8 Å². The maximum absolute atomic E-state index is 10.1. The molecule has 20 heavy (non-hydrogen) atoms. The van der Waals surface area contributed by atoms with Crippen LogP contribution in [0.2, 0.25) is 5.02 Å². The summed E-state index contributed by atoms with van der Waals surface area (Å²) in [6.45, 7) is 6.29. The molecule has 0 unspecified atom stereocenters. The highest BCUT2D eigenvalue weighted by Crippen LogP contribution is 2.22. The fourth-order valence-corrected chi connectivity index (χ4v) is 2.94. The number of halogens is 1. The lowest BCUT2D eigenvalue weighted by Crippen LogP contribution is -2.43. The molecule has 0 amide bonds. The summed E-state index contributed by atoms with van der Waals surface area (Å²) in [6, 6.07) is 6.10. The fourth-order valence-electron chi connectivity index (χ4n) is 2.71. The summed E-state index contributed by atoms with van der Waals surface area (Å²) in [5.74, 6) is 0.792. The molecule has 0 saturated carbocycles. The van der Waals surface area contributed by atoms with Crippen molar-refractivity contribution in [2.45, 2.75) is 45.3 Å². The lowest BCUT2D eigenvalue weighted by Gasteiger charge is -2.34. The number of rotatable bonds is 5. The average molecular weight is 298 g/mol. The van der Waals surface area contributed by atoms with E-state index in [0.717, 1.165) is 17.9 Å². The molecule has 2 rings (SSSR count). The Morgan fingerprint density at radius 1 is 1.45 bits per heavy atom. The van der Waals surface area contributed by atoms with E-state index in [-0.39, 0.29) is 0 Å². The number of β-amino-alcohol motifs (C(OH)–C–C–N with tert-alkyl or cyclic N) is 1. The molecule has 2 atom stereocenters. The minimum Gasteiger partial charge on any atom is -0.491 e. The molecule has 1 heterocycles. The Morgan fingerprint density at radius 2 is 2.25 bits per heavy atom. The quantitative estimate of drug-likeness (QED) is 0.905. The third kappa shape index (κ3) is 4.37. The van der Waals surface area contributed by atoms with Crippen LogP contribution in [-0.2, 0) is 0 Å². The van der Waals surface area contributed by atoms with Gasteiger partial charge in [-0.3, -0.25) is 4.90 Å². The third-order valence-electron chi connectivity index (χ3n) is 3.95. The van der Waals surface area contributed by atoms with Crippen molar-refractivity contribution in [3.63, 3.8) is 0 Å². The van der Waals surface area contributed by atoms with Crippen LogP contribution in [0.3, 0.4) is 0 Å². The molecule has 4 heteroatoms. The highest BCUT2D eigenvalue weighted by Gasteiger charge is 2.21. The molecule has 1 saturated heterocycles. The first-order valence-electron chi connectivity index (χ1n) is 7.37. The van der Waals surface area contributed by atoms with E-state index in [2.05, 4.69) is 11.8 Å². The Morgan fingerprint density at radius 3 is 2.95 bits per heavy atom. The van der Waals surface area contributed by atoms with Crippen molar-refractivity contribution in [2.75, 3.05) is 19.7 Å². The number of ether oxygens (including phenoxy) is 1. The van der Waals surface area contributed by atoms with Crippen molar-refractivity contribution in [3.8, 4) is 5.75 Å². The Balaban J connectivity index is 1.81. The highest BCUT2D eigenvalue weighted by molar-refractivity contribution is 6.30. The molecular formula is C16H24ClNO2. The van der Waals surface area contributed by atoms with E-state index in [1.807, 2.05) is 25.1 Å². The van der Waals surface area contributed by atoms with Crippen LogP contribution < -0.4 is 4.74 Å². The maximum atomic E-state index is 10.1. The molecule has 0 aliphatic carbocycles. The van der Waals surface area contributed by atoms with Crippen LogP contribution in [0.15, 0.2) is 18.2 Å². The van der Waals surface area contributed by atoms with Gasteiger partial charge < -0.3 is 9.84 Å². The van der Waals surface area contributed by atoms with E-state index in [1.165, 1.54) is 19.3 Å². The molecular weight excluding hydrogens is 274 g/mol. The van der Waals surface area contributed by atoms with Crippen LogP contribution in [0.4, 0.5) is 0 Å². The van der Waals surface area contributed by atoms with Gasteiger partial charge in [-0.1, -0.05) is 18.0 Å². The summed E-state index contributed by atoms with van der Waals surface area (Å²) in [5.41, 5.74) is 0.996. The number of piperidine rings is 1. The van der Waals surface area contributed by atoms with Crippen molar-refractivity contribution in [2.24, 2.45) is 0 Å². The summed E-state index contributed by atoms with van der Waals surface area (Å²) in [6.07, 6.45) is 3.30. The summed E-state index contributed by atoms with van der Waals surface area (Å²) < 4.78 is 5.70. The molecule has 0 bridgehead atoms. The summed E-state index contributed by atoms with van der Waals surface area (Å²) in [4.78, 5) is 2.35. The molecule has 0 spiro atoms. The van der Waals surface area contributed by atoms with E-state index < -0.39 is 6.10 Å². The van der Waals surface area contributed by atoms with Gasteiger partial charge in [0.25, 0.3) is 0 Å². The Kier molecular flexibility index (Phi) is 5.70. The van der Waals surface area contributed by atoms with Crippen molar-refractivity contribution >= 4 is 11.6 Å². The predicted molar refractivity (Wildman–Crippen MR) is 82.6 cm³/mol. The zero-order chi connectivity index (χ0) is 14.5. The number of aliphatic hydroxyl groups is 1. The van der Waals surface area contributed by atoms with Crippen LogP contribution >= 0.6 is 11.6 Å². The van der Waals surface area contributed by atoms with Gasteiger partial charge >= 0.3 is 0 Å². The van der Waals surface area contributed by atoms with Crippen molar-refractivity contribution in [3.05, 3.63) is 28.8 Å². The second-order valence-corrected chi connectivity index (χ2v) is 6.15. The smallest absolute Gasteiger partial charge is 0.122 e. The monoisotopic (exact) mass is 297 g/mol. The molecule has 1 N–H and O–H groups in total. The summed E-state index contributed by atoms with van der Waals surface area (Å²) in [7, 11) is 0. The SMILES string of the molecule is Cc1cc(Cl)ccc1OC[C@H](O)CN1CCCC[C@@H]1C. The Labute approximate surface area is 126 Å². The van der Waals surface area contributed by atoms with E-state index in [0.29, 0.717) is 24.2 Å². The lowest BCUT2D eigenvalue weighted by atomic mass is 10.0. The van der Waals surface area contributed by atoms with E-state index >= 15 is 0 Å². The first-order valence-corrected chi connectivity index (χ1v) is 7.75.